The highest BCUT2D eigenvalue weighted by molar-refractivity contribution is 5.58. The van der Waals surface area contributed by atoms with Crippen molar-refractivity contribution in [2.24, 2.45) is 11.7 Å². The van der Waals surface area contributed by atoms with Crippen molar-refractivity contribution in [1.29, 1.82) is 0 Å². The van der Waals surface area contributed by atoms with Gasteiger partial charge in [-0.2, -0.15) is 0 Å². The quantitative estimate of drug-likeness (QED) is 0.711. The Morgan fingerprint density at radius 1 is 1.40 bits per heavy atom. The van der Waals surface area contributed by atoms with E-state index < -0.39 is 0 Å². The summed E-state index contributed by atoms with van der Waals surface area (Å²) < 4.78 is 0. The molecular weight excluding hydrogens is 186 g/mol. The SMILES string of the molecule is CC1(C)C[C@@H](C=O)[C@H](N)c2ccccc21. The molecule has 2 atom stereocenters. The maximum absolute atomic E-state index is 11.0. The second-order valence-electron chi connectivity index (χ2n) is 5.00. The summed E-state index contributed by atoms with van der Waals surface area (Å²) in [5.74, 6) is -0.0464. The van der Waals surface area contributed by atoms with Crippen LogP contribution in [0, 0.1) is 5.92 Å². The van der Waals surface area contributed by atoms with Crippen molar-refractivity contribution in [3.05, 3.63) is 35.4 Å². The maximum Gasteiger partial charge on any atom is 0.124 e. The molecule has 0 amide bonds. The molecule has 0 heterocycles. The second kappa shape index (κ2) is 3.46. The summed E-state index contributed by atoms with van der Waals surface area (Å²) in [5, 5.41) is 0. The zero-order valence-electron chi connectivity index (χ0n) is 9.23. The first kappa shape index (κ1) is 10.4. The van der Waals surface area contributed by atoms with Crippen LogP contribution in [-0.2, 0) is 10.2 Å². The van der Waals surface area contributed by atoms with Gasteiger partial charge in [-0.1, -0.05) is 38.1 Å². The van der Waals surface area contributed by atoms with Crippen molar-refractivity contribution in [1.82, 2.24) is 0 Å². The highest BCUT2D eigenvalue weighted by Crippen LogP contribution is 2.42. The van der Waals surface area contributed by atoms with E-state index in [0.717, 1.165) is 18.3 Å². The monoisotopic (exact) mass is 203 g/mol. The molecule has 0 radical (unpaired) electrons. The average molecular weight is 203 g/mol. The van der Waals surface area contributed by atoms with E-state index >= 15 is 0 Å². The first-order valence-corrected chi connectivity index (χ1v) is 5.36. The molecule has 80 valence electrons. The lowest BCUT2D eigenvalue weighted by Gasteiger charge is -2.39. The lowest BCUT2D eigenvalue weighted by atomic mass is 9.67. The van der Waals surface area contributed by atoms with Crippen molar-refractivity contribution < 1.29 is 4.79 Å². The Hall–Kier alpha value is -1.15. The van der Waals surface area contributed by atoms with E-state index in [2.05, 4.69) is 19.9 Å². The van der Waals surface area contributed by atoms with Gasteiger partial charge >= 0.3 is 0 Å². The molecule has 1 aromatic rings. The van der Waals surface area contributed by atoms with E-state index in [1.807, 2.05) is 18.2 Å². The molecule has 0 fully saturated rings. The summed E-state index contributed by atoms with van der Waals surface area (Å²) in [5.41, 5.74) is 8.56. The molecule has 2 heteroatoms. The molecule has 1 aliphatic rings. The number of fused-ring (bicyclic) bond motifs is 1. The summed E-state index contributed by atoms with van der Waals surface area (Å²) >= 11 is 0. The summed E-state index contributed by atoms with van der Waals surface area (Å²) in [6.45, 7) is 4.35. The Bertz CT molecular complexity index is 384. The number of rotatable bonds is 1. The largest absolute Gasteiger partial charge is 0.323 e. The first-order chi connectivity index (χ1) is 7.06. The highest BCUT2D eigenvalue weighted by atomic mass is 16.1. The molecule has 0 bridgehead atoms. The van der Waals surface area contributed by atoms with Crippen molar-refractivity contribution in [2.75, 3.05) is 0 Å². The Kier molecular flexibility index (Phi) is 2.39. The standard InChI is InChI=1S/C13H17NO/c1-13(2)7-9(8-15)12(14)10-5-3-4-6-11(10)13/h3-6,8-9,12H,7,14H2,1-2H3/t9-,12-/m0/s1. The number of nitrogens with two attached hydrogens (primary N) is 1. The summed E-state index contributed by atoms with van der Waals surface area (Å²) in [4.78, 5) is 11.0. The van der Waals surface area contributed by atoms with Crippen LogP contribution in [0.5, 0.6) is 0 Å². The normalized spacial score (nSPS) is 28.2. The van der Waals surface area contributed by atoms with Gasteiger partial charge in [-0.3, -0.25) is 0 Å². The molecule has 0 unspecified atom stereocenters. The van der Waals surface area contributed by atoms with E-state index in [9.17, 15) is 4.79 Å². The molecule has 2 nitrogen and oxygen atoms in total. The Morgan fingerprint density at radius 3 is 2.73 bits per heavy atom. The van der Waals surface area contributed by atoms with Crippen LogP contribution >= 0.6 is 0 Å². The van der Waals surface area contributed by atoms with Crippen LogP contribution in [0.4, 0.5) is 0 Å². The van der Waals surface area contributed by atoms with Crippen molar-refractivity contribution >= 4 is 6.29 Å². The molecule has 0 aromatic heterocycles. The van der Waals surface area contributed by atoms with Crippen LogP contribution in [0.25, 0.3) is 0 Å². The fourth-order valence-corrected chi connectivity index (χ4v) is 2.59. The molecule has 1 aromatic carbocycles. The number of hydrogen-bond acceptors (Lipinski definition) is 2. The van der Waals surface area contributed by atoms with Crippen molar-refractivity contribution in [2.45, 2.75) is 31.7 Å². The van der Waals surface area contributed by atoms with Gasteiger partial charge in [-0.05, 0) is 23.0 Å². The van der Waals surface area contributed by atoms with Gasteiger partial charge < -0.3 is 10.5 Å². The summed E-state index contributed by atoms with van der Waals surface area (Å²) in [6.07, 6.45) is 1.84. The lowest BCUT2D eigenvalue weighted by molar-refractivity contribution is -0.112. The zero-order chi connectivity index (χ0) is 11.1. The summed E-state index contributed by atoms with van der Waals surface area (Å²) in [7, 11) is 0. The molecule has 1 aliphatic carbocycles. The minimum atomic E-state index is -0.133. The van der Waals surface area contributed by atoms with Gasteiger partial charge in [0, 0.05) is 12.0 Å². The van der Waals surface area contributed by atoms with E-state index in [4.69, 9.17) is 5.73 Å². The van der Waals surface area contributed by atoms with E-state index in [-0.39, 0.29) is 17.4 Å². The van der Waals surface area contributed by atoms with Crippen LogP contribution in [0.2, 0.25) is 0 Å². The highest BCUT2D eigenvalue weighted by Gasteiger charge is 2.36. The van der Waals surface area contributed by atoms with Gasteiger partial charge in [-0.15, -0.1) is 0 Å². The molecule has 2 N–H and O–H groups in total. The third-order valence-electron chi connectivity index (χ3n) is 3.43. The van der Waals surface area contributed by atoms with Gasteiger partial charge in [0.2, 0.25) is 0 Å². The molecular formula is C13H17NO. The fourth-order valence-electron chi connectivity index (χ4n) is 2.59. The van der Waals surface area contributed by atoms with Crippen LogP contribution in [-0.4, -0.2) is 6.29 Å². The summed E-state index contributed by atoms with van der Waals surface area (Å²) in [6, 6.07) is 8.05. The average Bonchev–Trinajstić information content (AvgIpc) is 2.24. The van der Waals surface area contributed by atoms with Crippen LogP contribution in [0.15, 0.2) is 24.3 Å². The Labute approximate surface area is 90.5 Å². The first-order valence-electron chi connectivity index (χ1n) is 5.36. The molecule has 0 saturated heterocycles. The predicted molar refractivity (Wildman–Crippen MR) is 60.6 cm³/mol. The third kappa shape index (κ3) is 1.59. The van der Waals surface area contributed by atoms with Gasteiger partial charge in [0.25, 0.3) is 0 Å². The van der Waals surface area contributed by atoms with Gasteiger partial charge in [0.05, 0.1) is 0 Å². The van der Waals surface area contributed by atoms with Gasteiger partial charge in [-0.25, -0.2) is 0 Å². The predicted octanol–water partition coefficient (Wildman–Crippen LogP) is 2.18. The van der Waals surface area contributed by atoms with Gasteiger partial charge in [0.15, 0.2) is 0 Å². The second-order valence-corrected chi connectivity index (χ2v) is 5.00. The number of carbonyl (C=O) groups is 1. The van der Waals surface area contributed by atoms with Crippen LogP contribution < -0.4 is 5.73 Å². The molecule has 0 saturated carbocycles. The number of benzene rings is 1. The minimum absolute atomic E-state index is 0.0464. The lowest BCUT2D eigenvalue weighted by Crippen LogP contribution is -2.37. The van der Waals surface area contributed by atoms with Gasteiger partial charge in [0.1, 0.15) is 6.29 Å². The topological polar surface area (TPSA) is 43.1 Å². The molecule has 2 rings (SSSR count). The van der Waals surface area contributed by atoms with Crippen LogP contribution in [0.3, 0.4) is 0 Å². The molecule has 0 aliphatic heterocycles. The van der Waals surface area contributed by atoms with E-state index in [1.165, 1.54) is 5.56 Å². The number of aldehydes is 1. The van der Waals surface area contributed by atoms with E-state index in [0.29, 0.717) is 0 Å². The van der Waals surface area contributed by atoms with Crippen molar-refractivity contribution in [3.8, 4) is 0 Å². The van der Waals surface area contributed by atoms with Crippen molar-refractivity contribution in [3.63, 3.8) is 0 Å². The third-order valence-corrected chi connectivity index (χ3v) is 3.43. The Morgan fingerprint density at radius 2 is 2.07 bits per heavy atom. The minimum Gasteiger partial charge on any atom is -0.323 e. The van der Waals surface area contributed by atoms with E-state index in [1.54, 1.807) is 0 Å². The maximum atomic E-state index is 11.0. The smallest absolute Gasteiger partial charge is 0.124 e. The zero-order valence-corrected chi connectivity index (χ0v) is 9.23. The fraction of sp³-hybridized carbons (Fsp3) is 0.462. The Balaban J connectivity index is 2.54. The van der Waals surface area contributed by atoms with Crippen LogP contribution in [0.1, 0.15) is 37.4 Å². The number of carbonyl (C=O) groups excluding carboxylic acids is 1. The molecule has 15 heavy (non-hydrogen) atoms. The molecule has 0 spiro atoms. The number of hydrogen-bond donors (Lipinski definition) is 1.